The Hall–Kier alpha value is -4.15. The molecule has 0 unspecified atom stereocenters. The molecule has 11 heteroatoms. The van der Waals surface area contributed by atoms with Gasteiger partial charge in [-0.05, 0) is 61.4 Å². The average molecular weight is 527 g/mol. The molecule has 0 bridgehead atoms. The number of carbonyl (C=O) groups excluding carboxylic acids is 1. The fourth-order valence-corrected chi connectivity index (χ4v) is 3.67. The maximum absolute atomic E-state index is 13.5. The van der Waals surface area contributed by atoms with Gasteiger partial charge < -0.3 is 19.5 Å². The van der Waals surface area contributed by atoms with E-state index in [0.29, 0.717) is 58.4 Å². The highest BCUT2D eigenvalue weighted by Crippen LogP contribution is 2.35. The van der Waals surface area contributed by atoms with E-state index in [9.17, 15) is 9.18 Å². The lowest BCUT2D eigenvalue weighted by molar-refractivity contribution is 0.0706. The van der Waals surface area contributed by atoms with Crippen molar-refractivity contribution >= 4 is 39.9 Å². The van der Waals surface area contributed by atoms with Gasteiger partial charge in [0.15, 0.2) is 11.5 Å². The number of hydrogen-bond acceptors (Lipinski definition) is 8. The van der Waals surface area contributed by atoms with Gasteiger partial charge in [0.2, 0.25) is 0 Å². The number of carbonyl (C=O) groups is 1. The monoisotopic (exact) mass is 526 g/mol. The lowest BCUT2D eigenvalue weighted by atomic mass is 10.2. The molecule has 0 aliphatic carbocycles. The van der Waals surface area contributed by atoms with E-state index >= 15 is 0 Å². The van der Waals surface area contributed by atoms with E-state index in [0.717, 1.165) is 12.8 Å². The first-order valence-corrected chi connectivity index (χ1v) is 11.7. The summed E-state index contributed by atoms with van der Waals surface area (Å²) >= 11 is 5.90. The Kier molecular flexibility index (Phi) is 8.55. The topological polar surface area (TPSA) is 115 Å². The van der Waals surface area contributed by atoms with Gasteiger partial charge in [0, 0.05) is 22.7 Å². The molecule has 3 N–H and O–H groups in total. The third-order valence-corrected chi connectivity index (χ3v) is 5.68. The van der Waals surface area contributed by atoms with Crippen LogP contribution in [0.2, 0.25) is 5.02 Å². The summed E-state index contributed by atoms with van der Waals surface area (Å²) in [6.07, 6.45) is 2.87. The average Bonchev–Trinajstić information content (AvgIpc) is 2.92. The molecule has 0 saturated carbocycles. The number of methoxy groups -OCH3 is 1. The van der Waals surface area contributed by atoms with Crippen LogP contribution in [0.1, 0.15) is 23.2 Å². The molecule has 0 atom stereocenters. The number of fused-ring (bicyclic) bond motifs is 1. The summed E-state index contributed by atoms with van der Waals surface area (Å²) in [4.78, 5) is 20.0. The fourth-order valence-electron chi connectivity index (χ4n) is 3.49. The zero-order valence-electron chi connectivity index (χ0n) is 19.8. The van der Waals surface area contributed by atoms with Gasteiger partial charge in [0.1, 0.15) is 23.7 Å². The Labute approximate surface area is 217 Å². The molecule has 1 aromatic heterocycles. The van der Waals surface area contributed by atoms with Gasteiger partial charge in [-0.3, -0.25) is 10.0 Å². The molecule has 0 radical (unpaired) electrons. The molecule has 37 heavy (non-hydrogen) atoms. The van der Waals surface area contributed by atoms with Crippen molar-refractivity contribution in [2.75, 3.05) is 25.6 Å². The summed E-state index contributed by atoms with van der Waals surface area (Å²) < 4.78 is 30.7. The third-order valence-electron chi connectivity index (χ3n) is 5.39. The number of aromatic nitrogens is 2. The molecule has 4 rings (SSSR count). The highest BCUT2D eigenvalue weighted by molar-refractivity contribution is 6.31. The maximum atomic E-state index is 13.5. The van der Waals surface area contributed by atoms with Crippen molar-refractivity contribution < 1.29 is 28.6 Å². The Morgan fingerprint density at radius 3 is 2.46 bits per heavy atom. The zero-order chi connectivity index (χ0) is 26.2. The largest absolute Gasteiger partial charge is 0.494 e. The van der Waals surface area contributed by atoms with Crippen LogP contribution in [0.4, 0.5) is 15.9 Å². The number of unbranched alkanes of at least 4 members (excludes halogenated alkanes) is 1. The first-order valence-electron chi connectivity index (χ1n) is 11.3. The molecule has 1 heterocycles. The second kappa shape index (κ2) is 12.2. The first-order chi connectivity index (χ1) is 18.0. The van der Waals surface area contributed by atoms with E-state index in [-0.39, 0.29) is 5.02 Å². The number of halogens is 2. The molecule has 3 aromatic carbocycles. The normalized spacial score (nSPS) is 10.7. The van der Waals surface area contributed by atoms with Crippen LogP contribution in [0, 0.1) is 5.82 Å². The van der Waals surface area contributed by atoms with Gasteiger partial charge in [-0.1, -0.05) is 11.6 Å². The number of hydrogen-bond donors (Lipinski definition) is 3. The highest BCUT2D eigenvalue weighted by Gasteiger charge is 2.13. The standard InChI is InChI=1S/C26H24ClFN4O5/c1-35-23-14-22-19(25(30-15-29-22)31-17-6-9-21(28)20(27)12-17)13-24(23)37-11-3-2-10-36-18-7-4-16(5-8-18)26(33)32-34/h4-9,12-15,34H,2-3,10-11H2,1H3,(H,32,33)(H,29,30,31). The van der Waals surface area contributed by atoms with Crippen LogP contribution in [0.15, 0.2) is 60.9 Å². The summed E-state index contributed by atoms with van der Waals surface area (Å²) in [5.74, 6) is 1.11. The van der Waals surface area contributed by atoms with Crippen molar-refractivity contribution in [3.63, 3.8) is 0 Å². The zero-order valence-corrected chi connectivity index (χ0v) is 20.6. The summed E-state index contributed by atoms with van der Waals surface area (Å²) in [6.45, 7) is 0.886. The Bertz CT molecular complexity index is 1390. The minimum atomic E-state index is -0.581. The number of benzene rings is 3. The number of anilines is 2. The number of ether oxygens (including phenoxy) is 3. The lowest BCUT2D eigenvalue weighted by Crippen LogP contribution is -2.18. The van der Waals surface area contributed by atoms with Crippen molar-refractivity contribution in [3.05, 3.63) is 77.3 Å². The van der Waals surface area contributed by atoms with Crippen LogP contribution in [0.3, 0.4) is 0 Å². The molecule has 0 fully saturated rings. The molecule has 0 spiro atoms. The molecule has 0 aliphatic rings. The van der Waals surface area contributed by atoms with Crippen molar-refractivity contribution in [1.82, 2.24) is 15.4 Å². The summed E-state index contributed by atoms with van der Waals surface area (Å²) in [6, 6.07) is 14.3. The Morgan fingerprint density at radius 1 is 1.00 bits per heavy atom. The highest BCUT2D eigenvalue weighted by atomic mass is 35.5. The fraction of sp³-hybridized carbons (Fsp3) is 0.192. The van der Waals surface area contributed by atoms with Crippen molar-refractivity contribution in [1.29, 1.82) is 0 Å². The van der Waals surface area contributed by atoms with Gasteiger partial charge in [0.25, 0.3) is 5.91 Å². The van der Waals surface area contributed by atoms with E-state index < -0.39 is 11.7 Å². The van der Waals surface area contributed by atoms with Crippen LogP contribution in [0.25, 0.3) is 10.9 Å². The number of amides is 1. The van der Waals surface area contributed by atoms with Crippen molar-refractivity contribution in [2.24, 2.45) is 0 Å². The molecule has 192 valence electrons. The molecular formula is C26H24ClFN4O5. The maximum Gasteiger partial charge on any atom is 0.274 e. The number of nitrogens with one attached hydrogen (secondary N) is 2. The summed E-state index contributed by atoms with van der Waals surface area (Å²) in [5.41, 5.74) is 3.14. The Balaban J connectivity index is 1.36. The quantitative estimate of drug-likeness (QED) is 0.133. The third kappa shape index (κ3) is 6.54. The lowest BCUT2D eigenvalue weighted by Gasteiger charge is -2.14. The predicted octanol–water partition coefficient (Wildman–Crippen LogP) is 5.53. The van der Waals surface area contributed by atoms with Gasteiger partial charge in [-0.25, -0.2) is 19.8 Å². The van der Waals surface area contributed by atoms with E-state index in [4.69, 9.17) is 31.0 Å². The summed E-state index contributed by atoms with van der Waals surface area (Å²) in [7, 11) is 1.55. The van der Waals surface area contributed by atoms with E-state index in [1.54, 1.807) is 55.1 Å². The molecule has 1 amide bonds. The van der Waals surface area contributed by atoms with Crippen LogP contribution < -0.4 is 25.0 Å². The van der Waals surface area contributed by atoms with Gasteiger partial charge in [-0.2, -0.15) is 0 Å². The van der Waals surface area contributed by atoms with Crippen LogP contribution >= 0.6 is 11.6 Å². The Morgan fingerprint density at radius 2 is 1.76 bits per heavy atom. The number of nitrogens with zero attached hydrogens (tertiary/aromatic N) is 2. The number of rotatable bonds is 11. The minimum absolute atomic E-state index is 0.00384. The molecule has 9 nitrogen and oxygen atoms in total. The number of hydroxylamine groups is 1. The van der Waals surface area contributed by atoms with Gasteiger partial charge in [0.05, 0.1) is 30.9 Å². The summed E-state index contributed by atoms with van der Waals surface area (Å²) in [5, 5.41) is 12.5. The molecular weight excluding hydrogens is 503 g/mol. The second-order valence-corrected chi connectivity index (χ2v) is 8.27. The smallest absolute Gasteiger partial charge is 0.274 e. The molecule has 0 saturated heterocycles. The molecule has 4 aromatic rings. The van der Waals surface area contributed by atoms with Crippen LogP contribution in [-0.4, -0.2) is 41.4 Å². The SMILES string of the molecule is COc1cc2ncnc(Nc3ccc(F)c(Cl)c3)c2cc1OCCCCOc1ccc(C(=O)NO)cc1. The van der Waals surface area contributed by atoms with Crippen LogP contribution in [-0.2, 0) is 0 Å². The van der Waals surface area contributed by atoms with Crippen LogP contribution in [0.5, 0.6) is 17.2 Å². The predicted molar refractivity (Wildman–Crippen MR) is 137 cm³/mol. The van der Waals surface area contributed by atoms with Crippen molar-refractivity contribution in [3.8, 4) is 17.2 Å². The van der Waals surface area contributed by atoms with Gasteiger partial charge >= 0.3 is 0 Å². The second-order valence-electron chi connectivity index (χ2n) is 7.87. The van der Waals surface area contributed by atoms with Crippen molar-refractivity contribution in [2.45, 2.75) is 12.8 Å². The minimum Gasteiger partial charge on any atom is -0.494 e. The first kappa shape index (κ1) is 25.9. The van der Waals surface area contributed by atoms with E-state index in [1.807, 2.05) is 0 Å². The molecule has 0 aliphatic heterocycles. The van der Waals surface area contributed by atoms with E-state index in [2.05, 4.69) is 15.3 Å². The van der Waals surface area contributed by atoms with E-state index in [1.165, 1.54) is 18.5 Å². The van der Waals surface area contributed by atoms with Gasteiger partial charge in [-0.15, -0.1) is 0 Å².